The Morgan fingerprint density at radius 3 is 2.67 bits per heavy atom. The molecule has 1 aliphatic rings. The van der Waals surface area contributed by atoms with E-state index in [-0.39, 0.29) is 11.3 Å². The van der Waals surface area contributed by atoms with Crippen molar-refractivity contribution in [3.8, 4) is 0 Å². The molecule has 0 bridgehead atoms. The van der Waals surface area contributed by atoms with Gasteiger partial charge in [-0.25, -0.2) is 4.98 Å². The third-order valence-corrected chi connectivity index (χ3v) is 5.97. The number of nitrogens with zero attached hydrogens (tertiary/aromatic N) is 3. The van der Waals surface area contributed by atoms with Crippen molar-refractivity contribution in [1.82, 2.24) is 14.8 Å². The zero-order chi connectivity index (χ0) is 17.2. The summed E-state index contributed by atoms with van der Waals surface area (Å²) in [5, 5.41) is 16.8. The normalized spacial score (nSPS) is 26.9. The van der Waals surface area contributed by atoms with E-state index < -0.39 is 5.60 Å². The SMILES string of the molecule is CC1(C)CCCC[C@@H](Cc2ccc(Cl)cc2)[C@@]1(O)Cn1cncn1. The van der Waals surface area contributed by atoms with Gasteiger partial charge in [0.2, 0.25) is 0 Å². The van der Waals surface area contributed by atoms with Gasteiger partial charge in [-0.15, -0.1) is 0 Å². The van der Waals surface area contributed by atoms with Gasteiger partial charge in [-0.05, 0) is 48.3 Å². The molecule has 5 heteroatoms. The van der Waals surface area contributed by atoms with Crippen molar-refractivity contribution in [2.75, 3.05) is 0 Å². The molecular weight excluding hydrogens is 322 g/mol. The van der Waals surface area contributed by atoms with Crippen molar-refractivity contribution in [3.05, 3.63) is 47.5 Å². The second kappa shape index (κ2) is 6.85. The average molecular weight is 348 g/mol. The molecular formula is C19H26ClN3O. The molecule has 0 unspecified atom stereocenters. The minimum Gasteiger partial charge on any atom is -0.387 e. The lowest BCUT2D eigenvalue weighted by atomic mass is 9.65. The predicted molar refractivity (Wildman–Crippen MR) is 95.9 cm³/mol. The molecule has 2 aromatic rings. The lowest BCUT2D eigenvalue weighted by Gasteiger charge is -2.46. The summed E-state index contributed by atoms with van der Waals surface area (Å²) in [4.78, 5) is 4.03. The zero-order valence-corrected chi connectivity index (χ0v) is 15.2. The second-order valence-electron chi connectivity index (χ2n) is 7.67. The molecule has 0 radical (unpaired) electrons. The molecule has 1 aromatic heterocycles. The van der Waals surface area contributed by atoms with E-state index in [1.807, 2.05) is 12.1 Å². The molecule has 0 saturated heterocycles. The van der Waals surface area contributed by atoms with Crippen molar-refractivity contribution < 1.29 is 5.11 Å². The molecule has 1 aliphatic carbocycles. The van der Waals surface area contributed by atoms with E-state index in [0.717, 1.165) is 37.1 Å². The van der Waals surface area contributed by atoms with Crippen molar-refractivity contribution in [2.24, 2.45) is 11.3 Å². The van der Waals surface area contributed by atoms with Crippen LogP contribution in [-0.4, -0.2) is 25.5 Å². The largest absolute Gasteiger partial charge is 0.387 e. The van der Waals surface area contributed by atoms with Crippen LogP contribution < -0.4 is 0 Å². The third-order valence-electron chi connectivity index (χ3n) is 5.72. The number of hydrogen-bond acceptors (Lipinski definition) is 3. The molecule has 2 atom stereocenters. The van der Waals surface area contributed by atoms with Crippen molar-refractivity contribution in [1.29, 1.82) is 0 Å². The average Bonchev–Trinajstić information content (AvgIpc) is 3.01. The summed E-state index contributed by atoms with van der Waals surface area (Å²) >= 11 is 6.01. The molecule has 130 valence electrons. The van der Waals surface area contributed by atoms with Gasteiger partial charge in [0.05, 0.1) is 12.1 Å². The van der Waals surface area contributed by atoms with Gasteiger partial charge in [-0.3, -0.25) is 4.68 Å². The number of aromatic nitrogens is 3. The first kappa shape index (κ1) is 17.4. The molecule has 1 fully saturated rings. The Morgan fingerprint density at radius 1 is 1.25 bits per heavy atom. The van der Waals surface area contributed by atoms with Crippen LogP contribution in [0.2, 0.25) is 5.02 Å². The maximum absolute atomic E-state index is 11.8. The van der Waals surface area contributed by atoms with Crippen LogP contribution in [0, 0.1) is 11.3 Å². The quantitative estimate of drug-likeness (QED) is 0.846. The third kappa shape index (κ3) is 3.50. The van der Waals surface area contributed by atoms with Crippen molar-refractivity contribution in [3.63, 3.8) is 0 Å². The standard InChI is InChI=1S/C19H26ClN3O/c1-18(2)10-4-3-5-16(11-15-6-8-17(20)9-7-15)19(18,24)12-23-14-21-13-22-23/h6-9,13-14,16,24H,3-5,10-12H2,1-2H3/t16-,19-/m0/s1. The molecule has 0 spiro atoms. The first-order valence-corrected chi connectivity index (χ1v) is 9.08. The fraction of sp³-hybridized carbons (Fsp3) is 0.579. The van der Waals surface area contributed by atoms with Crippen LogP contribution in [0.3, 0.4) is 0 Å². The minimum atomic E-state index is -0.823. The van der Waals surface area contributed by atoms with Gasteiger partial charge in [0, 0.05) is 5.02 Å². The van der Waals surface area contributed by atoms with Gasteiger partial charge in [0.15, 0.2) is 0 Å². The number of hydrogen-bond donors (Lipinski definition) is 1. The minimum absolute atomic E-state index is 0.174. The fourth-order valence-electron chi connectivity index (χ4n) is 4.05. The summed E-state index contributed by atoms with van der Waals surface area (Å²) in [6.45, 7) is 4.85. The van der Waals surface area contributed by atoms with Crippen molar-refractivity contribution in [2.45, 2.75) is 58.1 Å². The highest BCUT2D eigenvalue weighted by molar-refractivity contribution is 6.30. The number of aliphatic hydroxyl groups is 1. The van der Waals surface area contributed by atoms with Gasteiger partial charge < -0.3 is 5.11 Å². The highest BCUT2D eigenvalue weighted by Crippen LogP contribution is 2.47. The monoisotopic (exact) mass is 347 g/mol. The first-order chi connectivity index (χ1) is 11.4. The smallest absolute Gasteiger partial charge is 0.137 e. The van der Waals surface area contributed by atoms with Gasteiger partial charge in [0.1, 0.15) is 12.7 Å². The molecule has 1 aromatic carbocycles. The second-order valence-corrected chi connectivity index (χ2v) is 8.11. The Labute approximate surface area is 148 Å². The van der Waals surface area contributed by atoms with Crippen LogP contribution in [0.5, 0.6) is 0 Å². The molecule has 1 saturated carbocycles. The van der Waals surface area contributed by atoms with Crippen LogP contribution in [0.4, 0.5) is 0 Å². The summed E-state index contributed by atoms with van der Waals surface area (Å²) in [5.41, 5.74) is 0.225. The van der Waals surface area contributed by atoms with Crippen LogP contribution >= 0.6 is 11.6 Å². The molecule has 4 nitrogen and oxygen atoms in total. The lowest BCUT2D eigenvalue weighted by molar-refractivity contribution is -0.124. The summed E-state index contributed by atoms with van der Waals surface area (Å²) in [7, 11) is 0. The Hall–Kier alpha value is -1.39. The number of benzene rings is 1. The van der Waals surface area contributed by atoms with E-state index >= 15 is 0 Å². The van der Waals surface area contributed by atoms with Crippen molar-refractivity contribution >= 4 is 11.6 Å². The predicted octanol–water partition coefficient (Wildman–Crippen LogP) is 4.12. The molecule has 1 heterocycles. The summed E-state index contributed by atoms with van der Waals surface area (Å²) < 4.78 is 1.77. The molecule has 1 N–H and O–H groups in total. The van der Waals surface area contributed by atoms with Crippen LogP contribution in [0.15, 0.2) is 36.9 Å². The summed E-state index contributed by atoms with van der Waals surface area (Å²) in [5.74, 6) is 0.181. The van der Waals surface area contributed by atoms with Gasteiger partial charge >= 0.3 is 0 Å². The van der Waals surface area contributed by atoms with Gasteiger partial charge in [-0.1, -0.05) is 50.4 Å². The Balaban J connectivity index is 1.91. The number of rotatable bonds is 4. The summed E-state index contributed by atoms with van der Waals surface area (Å²) in [6, 6.07) is 7.98. The molecule has 24 heavy (non-hydrogen) atoms. The highest BCUT2D eigenvalue weighted by atomic mass is 35.5. The zero-order valence-electron chi connectivity index (χ0n) is 14.5. The van der Waals surface area contributed by atoms with E-state index in [1.165, 1.54) is 11.9 Å². The van der Waals surface area contributed by atoms with Gasteiger partial charge in [-0.2, -0.15) is 5.10 Å². The van der Waals surface area contributed by atoms with Gasteiger partial charge in [0.25, 0.3) is 0 Å². The number of halogens is 1. The Morgan fingerprint density at radius 2 is 2.00 bits per heavy atom. The summed E-state index contributed by atoms with van der Waals surface area (Å²) in [6.07, 6.45) is 8.43. The van der Waals surface area contributed by atoms with Crippen LogP contribution in [0.25, 0.3) is 0 Å². The molecule has 3 rings (SSSR count). The topological polar surface area (TPSA) is 50.9 Å². The van der Waals surface area contributed by atoms with E-state index in [1.54, 1.807) is 11.0 Å². The van der Waals surface area contributed by atoms with E-state index in [4.69, 9.17) is 11.6 Å². The molecule has 0 amide bonds. The highest BCUT2D eigenvalue weighted by Gasteiger charge is 2.50. The van der Waals surface area contributed by atoms with Crippen LogP contribution in [-0.2, 0) is 13.0 Å². The fourth-order valence-corrected chi connectivity index (χ4v) is 4.17. The maximum atomic E-state index is 11.8. The van der Waals surface area contributed by atoms with Crippen LogP contribution in [0.1, 0.15) is 45.1 Å². The Bertz CT molecular complexity index is 654. The van der Waals surface area contributed by atoms with E-state index in [0.29, 0.717) is 6.54 Å². The lowest BCUT2D eigenvalue weighted by Crippen LogP contribution is -2.53. The maximum Gasteiger partial charge on any atom is 0.137 e. The first-order valence-electron chi connectivity index (χ1n) is 8.70. The molecule has 0 aliphatic heterocycles. The van der Waals surface area contributed by atoms with E-state index in [2.05, 4.69) is 36.1 Å². The Kier molecular flexibility index (Phi) is 4.97. The van der Waals surface area contributed by atoms with E-state index in [9.17, 15) is 5.11 Å².